The molecule has 7 heterocycles. The van der Waals surface area contributed by atoms with Gasteiger partial charge in [-0.05, 0) is 53.1 Å². The van der Waals surface area contributed by atoms with Gasteiger partial charge < -0.3 is 9.14 Å². The van der Waals surface area contributed by atoms with Crippen LogP contribution >= 0.6 is 0 Å². The molecular weight excluding hydrogens is 599 g/mol. The van der Waals surface area contributed by atoms with Crippen LogP contribution in [0.1, 0.15) is 11.1 Å². The van der Waals surface area contributed by atoms with Gasteiger partial charge in [0.2, 0.25) is 11.2 Å². The Morgan fingerprint density at radius 2 is 1.18 bits per heavy atom. The predicted molar refractivity (Wildman–Crippen MR) is 193 cm³/mol. The number of ether oxygens (including phenoxy) is 1. The number of fused-ring (bicyclic) bond motifs is 5. The Balaban J connectivity index is 1.38. The zero-order valence-corrected chi connectivity index (χ0v) is 26.3. The molecule has 5 aromatic carbocycles. The van der Waals surface area contributed by atoms with E-state index in [9.17, 15) is 0 Å². The molecule has 0 bridgehead atoms. The Kier molecular flexibility index (Phi) is 4.63. The second kappa shape index (κ2) is 8.88. The molecule has 12 rings (SSSR count). The summed E-state index contributed by atoms with van der Waals surface area (Å²) in [6.45, 7) is 0. The summed E-state index contributed by atoms with van der Waals surface area (Å²) in [5, 5.41) is 2.45. The highest BCUT2D eigenvalue weighted by atomic mass is 16.5. The third-order valence-corrected chi connectivity index (χ3v) is 11.0. The molecule has 0 N–H and O–H groups in total. The van der Waals surface area contributed by atoms with E-state index in [-0.39, 0.29) is 0 Å². The first-order chi connectivity index (χ1) is 24.4. The van der Waals surface area contributed by atoms with Crippen LogP contribution in [-0.4, -0.2) is 4.40 Å². The van der Waals surface area contributed by atoms with Crippen molar-refractivity contribution in [3.05, 3.63) is 175 Å². The molecule has 1 unspecified atom stereocenters. The third kappa shape index (κ3) is 2.89. The standard InChI is InChI=1S/C45H27N3O/c1-4-14-28(15-5-1)37-38(29-16-6-2-7-17-29)44-32-21-13-27-47-43(32)39-34(48(44)42(37)30-18-8-3-9-19-30)24-25-36-41(39)45(47)40-31(20-12-23-35(40)49-36)33-22-10-11-26-46(33)45/h1-27H/q+2. The quantitative estimate of drug-likeness (QED) is 0.142. The van der Waals surface area contributed by atoms with E-state index in [0.717, 1.165) is 11.5 Å². The van der Waals surface area contributed by atoms with Gasteiger partial charge in [0, 0.05) is 29.3 Å². The molecule has 226 valence electrons. The minimum absolute atomic E-state index is 0.612. The van der Waals surface area contributed by atoms with Crippen molar-refractivity contribution in [2.75, 3.05) is 0 Å². The van der Waals surface area contributed by atoms with Crippen LogP contribution in [0.3, 0.4) is 0 Å². The molecular formula is C45H27N3O+2. The van der Waals surface area contributed by atoms with E-state index in [4.69, 9.17) is 4.74 Å². The summed E-state index contributed by atoms with van der Waals surface area (Å²) in [6, 6.07) is 54.8. The lowest BCUT2D eigenvalue weighted by atomic mass is 9.86. The van der Waals surface area contributed by atoms with Gasteiger partial charge in [-0.2, -0.15) is 0 Å². The molecule has 4 heteroatoms. The highest BCUT2D eigenvalue weighted by Gasteiger charge is 2.70. The average Bonchev–Trinajstić information content (AvgIpc) is 3.80. The van der Waals surface area contributed by atoms with Crippen LogP contribution in [0.4, 0.5) is 0 Å². The first kappa shape index (κ1) is 25.6. The summed E-state index contributed by atoms with van der Waals surface area (Å²) in [5.41, 5.74) is 15.1. The largest absolute Gasteiger partial charge is 0.456 e. The monoisotopic (exact) mass is 625 g/mol. The van der Waals surface area contributed by atoms with E-state index in [1.165, 1.54) is 83.2 Å². The van der Waals surface area contributed by atoms with Crippen molar-refractivity contribution in [1.82, 2.24) is 4.40 Å². The fourth-order valence-corrected chi connectivity index (χ4v) is 9.34. The maximum Gasteiger partial charge on any atom is 0.425 e. The molecule has 0 amide bonds. The van der Waals surface area contributed by atoms with Gasteiger partial charge in [0.25, 0.3) is 0 Å². The van der Waals surface area contributed by atoms with Crippen molar-refractivity contribution in [1.29, 1.82) is 0 Å². The topological polar surface area (TPSA) is 21.4 Å². The molecule has 0 saturated heterocycles. The molecule has 49 heavy (non-hydrogen) atoms. The molecule has 3 aliphatic heterocycles. The Labute approximate surface area is 282 Å². The maximum absolute atomic E-state index is 6.87. The van der Waals surface area contributed by atoms with Gasteiger partial charge in [0.15, 0.2) is 23.5 Å². The average molecular weight is 626 g/mol. The van der Waals surface area contributed by atoms with Crippen molar-refractivity contribution in [3.8, 4) is 56.3 Å². The van der Waals surface area contributed by atoms with E-state index in [2.05, 4.69) is 178 Å². The zero-order valence-electron chi connectivity index (χ0n) is 26.3. The number of benzene rings is 5. The number of nitrogens with zero attached hydrogens (tertiary/aromatic N) is 3. The van der Waals surface area contributed by atoms with Crippen LogP contribution in [0, 0.1) is 0 Å². The smallest absolute Gasteiger partial charge is 0.425 e. The SMILES string of the molecule is c1ccc(-c2c(-c3ccccc3)c3c4ccc[n+]5c4c4c6c(ccc4n3c2-c2ccccc2)Oc2cccc3c2C65[n+]2ccccc2-3)cc1. The van der Waals surface area contributed by atoms with Crippen LogP contribution in [0.2, 0.25) is 0 Å². The molecule has 3 aliphatic rings. The molecule has 1 spiro atoms. The molecule has 0 radical (unpaired) electrons. The summed E-state index contributed by atoms with van der Waals surface area (Å²) in [4.78, 5) is 0. The van der Waals surface area contributed by atoms with Gasteiger partial charge >= 0.3 is 5.66 Å². The van der Waals surface area contributed by atoms with E-state index in [1.54, 1.807) is 0 Å². The second-order valence-electron chi connectivity index (χ2n) is 13.3. The van der Waals surface area contributed by atoms with Gasteiger partial charge in [-0.25, -0.2) is 0 Å². The summed E-state index contributed by atoms with van der Waals surface area (Å²) in [7, 11) is 0. The lowest BCUT2D eigenvalue weighted by Gasteiger charge is -2.25. The van der Waals surface area contributed by atoms with E-state index in [1.807, 2.05) is 0 Å². The fourth-order valence-electron chi connectivity index (χ4n) is 9.34. The molecule has 1 atom stereocenters. The number of pyridine rings is 3. The highest BCUT2D eigenvalue weighted by Crippen LogP contribution is 2.58. The van der Waals surface area contributed by atoms with Crippen molar-refractivity contribution in [2.24, 2.45) is 0 Å². The lowest BCUT2D eigenvalue weighted by Crippen LogP contribution is -2.71. The Bertz CT molecular complexity index is 2890. The van der Waals surface area contributed by atoms with Crippen molar-refractivity contribution in [3.63, 3.8) is 0 Å². The first-order valence-electron chi connectivity index (χ1n) is 16.9. The minimum Gasteiger partial charge on any atom is -0.456 e. The molecule has 0 fully saturated rings. The summed E-state index contributed by atoms with van der Waals surface area (Å²) < 4.78 is 14.4. The van der Waals surface area contributed by atoms with Crippen LogP contribution < -0.4 is 13.9 Å². The summed E-state index contributed by atoms with van der Waals surface area (Å²) in [5.74, 6) is 1.82. The normalized spacial score (nSPS) is 16.0. The molecule has 0 aliphatic carbocycles. The van der Waals surface area contributed by atoms with Gasteiger partial charge in [0.1, 0.15) is 11.5 Å². The molecule has 9 aromatic rings. The van der Waals surface area contributed by atoms with E-state index in [0.29, 0.717) is 0 Å². The number of rotatable bonds is 3. The molecule has 4 aromatic heterocycles. The van der Waals surface area contributed by atoms with Crippen LogP contribution in [0.5, 0.6) is 11.5 Å². The van der Waals surface area contributed by atoms with E-state index >= 15 is 0 Å². The first-order valence-corrected chi connectivity index (χ1v) is 16.9. The maximum atomic E-state index is 6.87. The Morgan fingerprint density at radius 1 is 0.510 bits per heavy atom. The third-order valence-electron chi connectivity index (χ3n) is 11.0. The minimum atomic E-state index is -0.612. The van der Waals surface area contributed by atoms with Crippen LogP contribution in [0.15, 0.2) is 164 Å². The van der Waals surface area contributed by atoms with Gasteiger partial charge in [0.05, 0.1) is 33.1 Å². The van der Waals surface area contributed by atoms with Gasteiger partial charge in [-0.3, -0.25) is 0 Å². The number of hydrogen-bond donors (Lipinski definition) is 0. The zero-order chi connectivity index (χ0) is 31.8. The van der Waals surface area contributed by atoms with Crippen molar-refractivity contribution in [2.45, 2.75) is 5.66 Å². The Hall–Kier alpha value is -6.52. The highest BCUT2D eigenvalue weighted by molar-refractivity contribution is 6.20. The summed E-state index contributed by atoms with van der Waals surface area (Å²) >= 11 is 0. The predicted octanol–water partition coefficient (Wildman–Crippen LogP) is 9.52. The lowest BCUT2D eigenvalue weighted by molar-refractivity contribution is -0.950. The van der Waals surface area contributed by atoms with Crippen molar-refractivity contribution >= 4 is 27.3 Å². The van der Waals surface area contributed by atoms with Crippen molar-refractivity contribution < 1.29 is 13.9 Å². The van der Waals surface area contributed by atoms with Crippen LogP contribution in [0.25, 0.3) is 72.1 Å². The number of aromatic nitrogens is 3. The van der Waals surface area contributed by atoms with E-state index < -0.39 is 5.66 Å². The molecule has 4 nitrogen and oxygen atoms in total. The second-order valence-corrected chi connectivity index (χ2v) is 13.3. The fraction of sp³-hybridized carbons (Fsp3) is 0.0222. The number of hydrogen-bond acceptors (Lipinski definition) is 1. The summed E-state index contributed by atoms with van der Waals surface area (Å²) in [6.07, 6.45) is 4.53. The van der Waals surface area contributed by atoms with Crippen LogP contribution in [-0.2, 0) is 5.66 Å². The Morgan fingerprint density at radius 3 is 1.96 bits per heavy atom. The molecule has 0 saturated carbocycles. The van der Waals surface area contributed by atoms with Gasteiger partial charge in [-0.15, -0.1) is 9.13 Å². The van der Waals surface area contributed by atoms with Gasteiger partial charge in [-0.1, -0.05) is 97.1 Å².